The number of nitrogens with one attached hydrogen (secondary N) is 1. The smallest absolute Gasteiger partial charge is 0.212 e. The molecule has 0 aromatic carbocycles. The average Bonchev–Trinajstić information content (AvgIpc) is 2.93. The molecular formula is C15H20N2OS. The highest BCUT2D eigenvalue weighted by atomic mass is 32.1. The number of methoxy groups -OCH3 is 1. The van der Waals surface area contributed by atoms with Crippen LogP contribution in [0.4, 0.5) is 0 Å². The van der Waals surface area contributed by atoms with E-state index in [9.17, 15) is 0 Å². The molecule has 2 rings (SSSR count). The summed E-state index contributed by atoms with van der Waals surface area (Å²) in [5.74, 6) is 0.669. The van der Waals surface area contributed by atoms with Gasteiger partial charge in [-0.1, -0.05) is 19.1 Å². The average molecular weight is 276 g/mol. The molecule has 2 aromatic heterocycles. The lowest BCUT2D eigenvalue weighted by atomic mass is 10.0. The van der Waals surface area contributed by atoms with E-state index in [1.165, 1.54) is 10.4 Å². The first-order chi connectivity index (χ1) is 9.31. The minimum Gasteiger partial charge on any atom is -0.481 e. The quantitative estimate of drug-likeness (QED) is 0.844. The molecular weight excluding hydrogens is 256 g/mol. The Labute approximate surface area is 118 Å². The molecule has 1 atom stereocenters. The van der Waals surface area contributed by atoms with Gasteiger partial charge in [-0.15, -0.1) is 11.3 Å². The molecule has 0 radical (unpaired) electrons. The van der Waals surface area contributed by atoms with Gasteiger partial charge in [-0.3, -0.25) is 0 Å². The maximum atomic E-state index is 5.08. The van der Waals surface area contributed by atoms with Crippen LogP contribution in [0.2, 0.25) is 0 Å². The van der Waals surface area contributed by atoms with Gasteiger partial charge in [-0.25, -0.2) is 4.98 Å². The van der Waals surface area contributed by atoms with Gasteiger partial charge >= 0.3 is 0 Å². The summed E-state index contributed by atoms with van der Waals surface area (Å²) >= 11 is 1.82. The largest absolute Gasteiger partial charge is 0.481 e. The van der Waals surface area contributed by atoms with Gasteiger partial charge in [-0.2, -0.15) is 0 Å². The van der Waals surface area contributed by atoms with E-state index in [1.807, 2.05) is 23.6 Å². The van der Waals surface area contributed by atoms with Gasteiger partial charge in [0.2, 0.25) is 5.88 Å². The van der Waals surface area contributed by atoms with E-state index < -0.39 is 0 Å². The SMILES string of the molecule is CCNC(Cc1ccc(OC)nc1)Cc1cccs1. The third-order valence-corrected chi connectivity index (χ3v) is 3.91. The van der Waals surface area contributed by atoms with E-state index in [0.29, 0.717) is 11.9 Å². The summed E-state index contributed by atoms with van der Waals surface area (Å²) in [6.45, 7) is 3.13. The fourth-order valence-electron chi connectivity index (χ4n) is 2.11. The standard InChI is InChI=1S/C15H20N2OS/c1-3-16-13(10-14-5-4-8-19-14)9-12-6-7-15(18-2)17-11-12/h4-8,11,13,16H,3,9-10H2,1-2H3. The Balaban J connectivity index is 1.98. The van der Waals surface area contributed by atoms with Crippen LogP contribution in [0, 0.1) is 0 Å². The highest BCUT2D eigenvalue weighted by Crippen LogP contribution is 2.15. The molecule has 0 bridgehead atoms. The zero-order valence-corrected chi connectivity index (χ0v) is 12.2. The minimum atomic E-state index is 0.457. The molecule has 1 N–H and O–H groups in total. The van der Waals surface area contributed by atoms with Crippen LogP contribution >= 0.6 is 11.3 Å². The summed E-state index contributed by atoms with van der Waals surface area (Å²) in [7, 11) is 1.64. The third kappa shape index (κ3) is 4.33. The van der Waals surface area contributed by atoms with Crippen LogP contribution in [0.5, 0.6) is 5.88 Å². The second-order valence-corrected chi connectivity index (χ2v) is 5.48. The summed E-state index contributed by atoms with van der Waals surface area (Å²) in [6, 6.07) is 8.77. The molecule has 0 aliphatic carbocycles. The minimum absolute atomic E-state index is 0.457. The Morgan fingerprint density at radius 2 is 2.21 bits per heavy atom. The zero-order chi connectivity index (χ0) is 13.5. The van der Waals surface area contributed by atoms with Crippen LogP contribution in [-0.2, 0) is 12.8 Å². The summed E-state index contributed by atoms with van der Waals surface area (Å²) in [5.41, 5.74) is 1.24. The summed E-state index contributed by atoms with van der Waals surface area (Å²) in [4.78, 5) is 5.68. The van der Waals surface area contributed by atoms with E-state index in [2.05, 4.69) is 40.8 Å². The molecule has 1 unspecified atom stereocenters. The molecule has 0 saturated heterocycles. The molecule has 2 heterocycles. The second-order valence-electron chi connectivity index (χ2n) is 4.45. The van der Waals surface area contributed by atoms with Crippen LogP contribution in [-0.4, -0.2) is 24.7 Å². The molecule has 0 spiro atoms. The molecule has 102 valence electrons. The normalized spacial score (nSPS) is 12.3. The van der Waals surface area contributed by atoms with Crippen molar-refractivity contribution < 1.29 is 4.74 Å². The number of hydrogen-bond acceptors (Lipinski definition) is 4. The van der Waals surface area contributed by atoms with E-state index in [0.717, 1.165) is 19.4 Å². The van der Waals surface area contributed by atoms with Gasteiger partial charge < -0.3 is 10.1 Å². The first-order valence-corrected chi connectivity index (χ1v) is 7.44. The van der Waals surface area contributed by atoms with E-state index >= 15 is 0 Å². The van der Waals surface area contributed by atoms with Crippen molar-refractivity contribution in [3.8, 4) is 5.88 Å². The van der Waals surface area contributed by atoms with Crippen LogP contribution in [0.25, 0.3) is 0 Å². The summed E-state index contributed by atoms with van der Waals surface area (Å²) in [6.07, 6.45) is 3.96. The molecule has 0 fully saturated rings. The lowest BCUT2D eigenvalue weighted by Gasteiger charge is -2.17. The van der Waals surface area contributed by atoms with Crippen LogP contribution < -0.4 is 10.1 Å². The first-order valence-electron chi connectivity index (χ1n) is 6.56. The van der Waals surface area contributed by atoms with Crippen LogP contribution in [0.3, 0.4) is 0 Å². The fourth-order valence-corrected chi connectivity index (χ4v) is 2.90. The van der Waals surface area contributed by atoms with Crippen molar-refractivity contribution in [2.24, 2.45) is 0 Å². The summed E-state index contributed by atoms with van der Waals surface area (Å²) < 4.78 is 5.08. The van der Waals surface area contributed by atoms with Crippen molar-refractivity contribution in [1.29, 1.82) is 0 Å². The van der Waals surface area contributed by atoms with Gasteiger partial charge in [0.1, 0.15) is 0 Å². The van der Waals surface area contributed by atoms with E-state index in [4.69, 9.17) is 4.74 Å². The van der Waals surface area contributed by atoms with Crippen LogP contribution in [0.15, 0.2) is 35.8 Å². The lowest BCUT2D eigenvalue weighted by Crippen LogP contribution is -2.32. The molecule has 2 aromatic rings. The number of aromatic nitrogens is 1. The molecule has 4 heteroatoms. The van der Waals surface area contributed by atoms with Gasteiger partial charge in [0, 0.05) is 23.2 Å². The van der Waals surface area contributed by atoms with E-state index in [1.54, 1.807) is 7.11 Å². The number of likely N-dealkylation sites (N-methyl/N-ethyl adjacent to an activating group) is 1. The molecule has 0 saturated carbocycles. The van der Waals surface area contributed by atoms with Crippen molar-refractivity contribution in [3.05, 3.63) is 46.3 Å². The number of rotatable bonds is 7. The molecule has 0 amide bonds. The maximum Gasteiger partial charge on any atom is 0.212 e. The predicted octanol–water partition coefficient (Wildman–Crippen LogP) is 2.92. The molecule has 3 nitrogen and oxygen atoms in total. The van der Waals surface area contributed by atoms with Crippen molar-refractivity contribution in [2.45, 2.75) is 25.8 Å². The van der Waals surface area contributed by atoms with Gasteiger partial charge in [-0.05, 0) is 36.4 Å². The Hall–Kier alpha value is -1.39. The number of thiophene rings is 1. The Morgan fingerprint density at radius 1 is 1.32 bits per heavy atom. The van der Waals surface area contributed by atoms with Crippen molar-refractivity contribution in [2.75, 3.05) is 13.7 Å². The van der Waals surface area contributed by atoms with Crippen LogP contribution in [0.1, 0.15) is 17.4 Å². The Kier molecular flexibility index (Phi) is 5.36. The molecule has 19 heavy (non-hydrogen) atoms. The second kappa shape index (κ2) is 7.26. The predicted molar refractivity (Wildman–Crippen MR) is 80.0 cm³/mol. The fraction of sp³-hybridized carbons (Fsp3) is 0.400. The number of pyridine rings is 1. The highest BCUT2D eigenvalue weighted by molar-refractivity contribution is 7.09. The lowest BCUT2D eigenvalue weighted by molar-refractivity contribution is 0.397. The first kappa shape index (κ1) is 14.0. The van der Waals surface area contributed by atoms with E-state index in [-0.39, 0.29) is 0 Å². The van der Waals surface area contributed by atoms with Gasteiger partial charge in [0.15, 0.2) is 0 Å². The van der Waals surface area contributed by atoms with Gasteiger partial charge in [0.05, 0.1) is 7.11 Å². The Morgan fingerprint density at radius 3 is 2.79 bits per heavy atom. The third-order valence-electron chi connectivity index (χ3n) is 3.01. The Bertz CT molecular complexity index is 467. The molecule has 0 aliphatic rings. The monoisotopic (exact) mass is 276 g/mol. The van der Waals surface area contributed by atoms with Crippen molar-refractivity contribution in [3.63, 3.8) is 0 Å². The topological polar surface area (TPSA) is 34.1 Å². The number of ether oxygens (including phenoxy) is 1. The molecule has 0 aliphatic heterocycles. The maximum absolute atomic E-state index is 5.08. The van der Waals surface area contributed by atoms with Crippen molar-refractivity contribution in [1.82, 2.24) is 10.3 Å². The van der Waals surface area contributed by atoms with Crippen molar-refractivity contribution >= 4 is 11.3 Å². The van der Waals surface area contributed by atoms with Gasteiger partial charge in [0.25, 0.3) is 0 Å². The summed E-state index contributed by atoms with van der Waals surface area (Å²) in [5, 5.41) is 5.68. The number of nitrogens with zero attached hydrogens (tertiary/aromatic N) is 1. The highest BCUT2D eigenvalue weighted by Gasteiger charge is 2.10. The number of hydrogen-bond donors (Lipinski definition) is 1. The zero-order valence-electron chi connectivity index (χ0n) is 11.4.